The van der Waals surface area contributed by atoms with E-state index >= 15 is 0 Å². The smallest absolute Gasteiger partial charge is 0.504 e. The second-order valence-electron chi connectivity index (χ2n) is 7.04. The summed E-state index contributed by atoms with van der Waals surface area (Å²) in [5, 5.41) is 10.2. The number of phenols is 1. The van der Waals surface area contributed by atoms with Gasteiger partial charge < -0.3 is 19.3 Å². The lowest BCUT2D eigenvalue weighted by atomic mass is 9.76. The maximum Gasteiger partial charge on any atom is 0.573 e. The van der Waals surface area contributed by atoms with Crippen LogP contribution in [-0.2, 0) is 12.8 Å². The van der Waals surface area contributed by atoms with Crippen LogP contribution in [0.1, 0.15) is 22.7 Å². The number of benzene rings is 2. The molecular weight excluding hydrogens is 375 g/mol. The maximum absolute atomic E-state index is 13.0. The van der Waals surface area contributed by atoms with E-state index in [-0.39, 0.29) is 29.0 Å². The molecule has 1 aliphatic heterocycles. The number of nitrogens with zero attached hydrogens (tertiary/aromatic N) is 1. The average molecular weight is 395 g/mol. The molecule has 1 unspecified atom stereocenters. The molecule has 8 heteroatoms. The van der Waals surface area contributed by atoms with E-state index in [1.807, 2.05) is 7.05 Å². The molecule has 0 fully saturated rings. The van der Waals surface area contributed by atoms with E-state index in [9.17, 15) is 18.3 Å². The summed E-state index contributed by atoms with van der Waals surface area (Å²) in [5.41, 5.74) is 3.83. The lowest BCUT2D eigenvalue weighted by molar-refractivity contribution is -0.275. The van der Waals surface area contributed by atoms with Crippen molar-refractivity contribution in [1.82, 2.24) is 4.90 Å². The molecule has 0 bridgehead atoms. The molecule has 2 aromatic carbocycles. The summed E-state index contributed by atoms with van der Waals surface area (Å²) in [4.78, 5) is 2.17. The van der Waals surface area contributed by atoms with Crippen LogP contribution in [0.5, 0.6) is 23.0 Å². The third-order valence-electron chi connectivity index (χ3n) is 5.49. The summed E-state index contributed by atoms with van der Waals surface area (Å²) in [6.07, 6.45) is -3.59. The van der Waals surface area contributed by atoms with Gasteiger partial charge in [-0.1, -0.05) is 0 Å². The fourth-order valence-corrected chi connectivity index (χ4v) is 4.28. The van der Waals surface area contributed by atoms with Gasteiger partial charge in [-0.25, -0.2) is 0 Å². The molecule has 0 saturated carbocycles. The minimum absolute atomic E-state index is 0.00921. The first-order chi connectivity index (χ1) is 13.2. The third-order valence-corrected chi connectivity index (χ3v) is 5.49. The van der Waals surface area contributed by atoms with E-state index in [4.69, 9.17) is 9.47 Å². The number of hydrogen-bond acceptors (Lipinski definition) is 5. The van der Waals surface area contributed by atoms with Crippen molar-refractivity contribution in [2.75, 3.05) is 27.8 Å². The van der Waals surface area contributed by atoms with Gasteiger partial charge in [-0.3, -0.25) is 4.90 Å². The third kappa shape index (κ3) is 2.92. The topological polar surface area (TPSA) is 51.2 Å². The molecule has 1 heterocycles. The number of phenolic OH excluding ortho intramolecular Hbond substituents is 1. The van der Waals surface area contributed by atoms with E-state index in [2.05, 4.69) is 9.64 Å². The van der Waals surface area contributed by atoms with Gasteiger partial charge in [0.25, 0.3) is 0 Å². The normalized spacial score (nSPS) is 18.3. The van der Waals surface area contributed by atoms with Gasteiger partial charge in [0, 0.05) is 18.2 Å². The Balaban J connectivity index is 2.04. The number of fused-ring (bicyclic) bond motifs is 2. The Morgan fingerprint density at radius 1 is 1.07 bits per heavy atom. The van der Waals surface area contributed by atoms with Crippen molar-refractivity contribution in [3.63, 3.8) is 0 Å². The van der Waals surface area contributed by atoms with Gasteiger partial charge in [0.1, 0.15) is 0 Å². The molecule has 2 aliphatic rings. The molecule has 2 aromatic rings. The van der Waals surface area contributed by atoms with E-state index in [0.717, 1.165) is 16.7 Å². The largest absolute Gasteiger partial charge is 0.573 e. The van der Waals surface area contributed by atoms with Crippen molar-refractivity contribution >= 4 is 0 Å². The predicted molar refractivity (Wildman–Crippen MR) is 96.1 cm³/mol. The summed E-state index contributed by atoms with van der Waals surface area (Å²) in [5.74, 6) is -0.0821. The Kier molecular flexibility index (Phi) is 4.33. The molecule has 0 radical (unpaired) electrons. The van der Waals surface area contributed by atoms with Crippen molar-refractivity contribution < 1.29 is 32.5 Å². The quantitative estimate of drug-likeness (QED) is 0.850. The van der Waals surface area contributed by atoms with Crippen LogP contribution in [0.25, 0.3) is 11.1 Å². The first kappa shape index (κ1) is 18.7. The van der Waals surface area contributed by atoms with Crippen molar-refractivity contribution in [3.05, 3.63) is 34.9 Å². The number of alkyl halides is 3. The highest BCUT2D eigenvalue weighted by molar-refractivity contribution is 5.85. The van der Waals surface area contributed by atoms with Gasteiger partial charge in [0.15, 0.2) is 23.0 Å². The van der Waals surface area contributed by atoms with Crippen LogP contribution in [0.3, 0.4) is 0 Å². The SMILES string of the molecule is COc1cc2c(cc1O)CC1c3c(cc(OC(F)(F)F)c(OC)c3-2)CCN1C. The van der Waals surface area contributed by atoms with Crippen LogP contribution >= 0.6 is 0 Å². The standard InChI is InChI=1S/C20H20F3NO4/c1-24-5-4-10-8-16(28-20(21,22)23)19(27-3)18-12-9-15(26-2)14(25)7-11(12)6-13(24)17(10)18/h7-9,13,25H,4-6H2,1-3H3. The fraction of sp³-hybridized carbons (Fsp3) is 0.400. The molecule has 4 rings (SSSR count). The molecule has 150 valence electrons. The summed E-state index contributed by atoms with van der Waals surface area (Å²) in [7, 11) is 4.74. The van der Waals surface area contributed by atoms with Crippen LogP contribution in [0.2, 0.25) is 0 Å². The van der Waals surface area contributed by atoms with Crippen molar-refractivity contribution in [3.8, 4) is 34.1 Å². The van der Waals surface area contributed by atoms with Crippen LogP contribution < -0.4 is 14.2 Å². The Morgan fingerprint density at radius 3 is 2.46 bits per heavy atom. The average Bonchev–Trinajstić information content (AvgIpc) is 2.62. The molecular formula is C20H20F3NO4. The second-order valence-corrected chi connectivity index (χ2v) is 7.04. The number of methoxy groups -OCH3 is 2. The number of likely N-dealkylation sites (N-methyl/N-ethyl adjacent to an activating group) is 1. The first-order valence-corrected chi connectivity index (χ1v) is 8.83. The zero-order valence-electron chi connectivity index (χ0n) is 15.7. The monoisotopic (exact) mass is 395 g/mol. The number of aromatic hydroxyl groups is 1. The van der Waals surface area contributed by atoms with E-state index < -0.39 is 6.36 Å². The zero-order valence-corrected chi connectivity index (χ0v) is 15.7. The van der Waals surface area contributed by atoms with E-state index in [1.165, 1.54) is 20.3 Å². The number of ether oxygens (including phenoxy) is 3. The number of halogens is 3. The molecule has 28 heavy (non-hydrogen) atoms. The summed E-state index contributed by atoms with van der Waals surface area (Å²) >= 11 is 0. The van der Waals surface area contributed by atoms with Gasteiger partial charge >= 0.3 is 6.36 Å². The number of rotatable bonds is 3. The highest BCUT2D eigenvalue weighted by Crippen LogP contribution is 2.54. The Hall–Kier alpha value is -2.61. The molecule has 0 aromatic heterocycles. The highest BCUT2D eigenvalue weighted by Gasteiger charge is 2.39. The second kappa shape index (κ2) is 6.48. The summed E-state index contributed by atoms with van der Waals surface area (Å²) in [6, 6.07) is 4.67. The molecule has 0 saturated heterocycles. The van der Waals surface area contributed by atoms with E-state index in [1.54, 1.807) is 12.1 Å². The molecule has 5 nitrogen and oxygen atoms in total. The van der Waals surface area contributed by atoms with Gasteiger partial charge in [-0.05, 0) is 60.3 Å². The van der Waals surface area contributed by atoms with Crippen LogP contribution in [0.15, 0.2) is 18.2 Å². The van der Waals surface area contributed by atoms with Crippen LogP contribution in [0, 0.1) is 0 Å². The first-order valence-electron chi connectivity index (χ1n) is 8.83. The minimum atomic E-state index is -4.83. The van der Waals surface area contributed by atoms with Gasteiger partial charge in [-0.2, -0.15) is 0 Å². The molecule has 0 spiro atoms. The maximum atomic E-state index is 13.0. The molecule has 1 aliphatic carbocycles. The fourth-order valence-electron chi connectivity index (χ4n) is 4.28. The Morgan fingerprint density at radius 2 is 1.82 bits per heavy atom. The molecule has 1 N–H and O–H groups in total. The van der Waals surface area contributed by atoms with Gasteiger partial charge in [0.05, 0.1) is 14.2 Å². The highest BCUT2D eigenvalue weighted by atomic mass is 19.4. The van der Waals surface area contributed by atoms with Crippen molar-refractivity contribution in [2.45, 2.75) is 25.2 Å². The van der Waals surface area contributed by atoms with Gasteiger partial charge in [-0.15, -0.1) is 13.2 Å². The summed E-state index contributed by atoms with van der Waals surface area (Å²) < 4.78 is 53.9. The minimum Gasteiger partial charge on any atom is -0.504 e. The summed E-state index contributed by atoms with van der Waals surface area (Å²) in [6.45, 7) is 0.715. The lowest BCUT2D eigenvalue weighted by Crippen LogP contribution is -2.36. The zero-order chi connectivity index (χ0) is 20.2. The van der Waals surface area contributed by atoms with Crippen LogP contribution in [-0.4, -0.2) is 44.2 Å². The number of hydrogen-bond donors (Lipinski definition) is 1. The Labute approximate surface area is 160 Å². The predicted octanol–water partition coefficient (Wildman–Crippen LogP) is 4.06. The van der Waals surface area contributed by atoms with Crippen molar-refractivity contribution in [1.29, 1.82) is 0 Å². The van der Waals surface area contributed by atoms with Gasteiger partial charge in [0.2, 0.25) is 0 Å². The Bertz CT molecular complexity index is 942. The van der Waals surface area contributed by atoms with Crippen molar-refractivity contribution in [2.24, 2.45) is 0 Å². The molecule has 1 atom stereocenters. The van der Waals surface area contributed by atoms with E-state index in [0.29, 0.717) is 30.5 Å². The lowest BCUT2D eigenvalue weighted by Gasteiger charge is -2.40. The molecule has 0 amide bonds. The van der Waals surface area contributed by atoms with Crippen LogP contribution in [0.4, 0.5) is 13.2 Å².